The number of pyridine rings is 1. The van der Waals surface area contributed by atoms with Crippen LogP contribution in [-0.4, -0.2) is 95.5 Å². The number of carboxylic acid groups (broad SMARTS) is 1. The highest BCUT2D eigenvalue weighted by atomic mass is 16.5. The van der Waals surface area contributed by atoms with Crippen molar-refractivity contribution in [3.05, 3.63) is 59.9 Å². The van der Waals surface area contributed by atoms with Crippen molar-refractivity contribution in [3.63, 3.8) is 0 Å². The molecule has 2 heterocycles. The van der Waals surface area contributed by atoms with Gasteiger partial charge in [0.1, 0.15) is 17.1 Å². The Morgan fingerprint density at radius 3 is 2.64 bits per heavy atom. The fourth-order valence-corrected chi connectivity index (χ4v) is 5.16. The Kier molecular flexibility index (Phi) is 11.7. The van der Waals surface area contributed by atoms with Gasteiger partial charge in [0.2, 0.25) is 0 Å². The molecule has 0 aliphatic rings. The second kappa shape index (κ2) is 15.9. The van der Waals surface area contributed by atoms with Crippen LogP contribution in [0.15, 0.2) is 48.5 Å². The summed E-state index contributed by atoms with van der Waals surface area (Å²) in [4.78, 5) is 37.5. The largest absolute Gasteiger partial charge is 0.482 e. The molecular formula is C32H43N7O5. The third-order valence-corrected chi connectivity index (χ3v) is 7.26. The van der Waals surface area contributed by atoms with Crippen molar-refractivity contribution in [3.8, 4) is 5.75 Å². The lowest BCUT2D eigenvalue weighted by Crippen LogP contribution is -2.41. The van der Waals surface area contributed by atoms with Crippen molar-refractivity contribution >= 4 is 39.8 Å². The van der Waals surface area contributed by atoms with Gasteiger partial charge in [0.15, 0.2) is 12.4 Å². The van der Waals surface area contributed by atoms with Crippen molar-refractivity contribution in [2.24, 2.45) is 0 Å². The molecule has 2 aromatic heterocycles. The standard InChI is InChI=1S/C32H43N7O5/c1-37(2)16-9-15-34-32(42)38(21-23-10-8-11-24(20-23)44-22-28(40)41)17-6-7-18-39-27(14-19-43-3)36-29-30(39)25-12-4-5-13-26(25)35-31(29)33/h4-5,8,10-13,20H,6-7,9,14-19,21-22H2,1-3H3,(H2,33,35)(H,34,42)(H,40,41). The van der Waals surface area contributed by atoms with Crippen LogP contribution in [0, 0.1) is 0 Å². The van der Waals surface area contributed by atoms with Gasteiger partial charge in [-0.15, -0.1) is 0 Å². The number of aliphatic carboxylic acids is 1. The molecule has 0 fully saturated rings. The summed E-state index contributed by atoms with van der Waals surface area (Å²) < 4.78 is 12.9. The van der Waals surface area contributed by atoms with Crippen LogP contribution < -0.4 is 15.8 Å². The summed E-state index contributed by atoms with van der Waals surface area (Å²) in [6.45, 7) is 3.15. The molecule has 0 saturated heterocycles. The summed E-state index contributed by atoms with van der Waals surface area (Å²) in [5.74, 6) is 0.702. The molecule has 0 spiro atoms. The number of aryl methyl sites for hydroxylation is 1. The number of nitrogens with zero attached hydrogens (tertiary/aromatic N) is 5. The Morgan fingerprint density at radius 1 is 1.05 bits per heavy atom. The third kappa shape index (κ3) is 8.80. The van der Waals surface area contributed by atoms with Gasteiger partial charge in [0.25, 0.3) is 0 Å². The number of carboxylic acids is 1. The number of nitrogens with one attached hydrogen (secondary N) is 1. The number of aromatic nitrogens is 3. The summed E-state index contributed by atoms with van der Waals surface area (Å²) in [6.07, 6.45) is 3.03. The fraction of sp³-hybridized carbons (Fsp3) is 0.438. The van der Waals surface area contributed by atoms with Crippen molar-refractivity contribution in [1.29, 1.82) is 0 Å². The SMILES string of the molecule is COCCc1nc2c(N)nc3ccccc3c2n1CCCCN(Cc1cccc(OCC(=O)O)c1)C(=O)NCCCN(C)C. The summed E-state index contributed by atoms with van der Waals surface area (Å²) in [5, 5.41) is 13.0. The van der Waals surface area contributed by atoms with Gasteiger partial charge in [-0.05, 0) is 63.7 Å². The van der Waals surface area contributed by atoms with Crippen molar-refractivity contribution in [2.75, 3.05) is 59.8 Å². The molecule has 0 unspecified atom stereocenters. The predicted molar refractivity (Wildman–Crippen MR) is 171 cm³/mol. The highest BCUT2D eigenvalue weighted by Gasteiger charge is 2.18. The first-order chi connectivity index (χ1) is 21.3. The number of anilines is 1. The van der Waals surface area contributed by atoms with Crippen LogP contribution in [0.5, 0.6) is 5.75 Å². The third-order valence-electron chi connectivity index (χ3n) is 7.26. The van der Waals surface area contributed by atoms with Gasteiger partial charge in [-0.3, -0.25) is 0 Å². The number of nitrogen functional groups attached to an aromatic ring is 1. The lowest BCUT2D eigenvalue weighted by Gasteiger charge is -2.24. The number of para-hydroxylation sites is 1. The smallest absolute Gasteiger partial charge is 0.341 e. The molecule has 2 amide bonds. The van der Waals surface area contributed by atoms with Crippen molar-refractivity contribution in [2.45, 2.75) is 38.8 Å². The lowest BCUT2D eigenvalue weighted by atomic mass is 10.1. The maximum Gasteiger partial charge on any atom is 0.341 e. The number of imidazole rings is 1. The van der Waals surface area contributed by atoms with Crippen molar-refractivity contribution in [1.82, 2.24) is 29.7 Å². The van der Waals surface area contributed by atoms with E-state index in [-0.39, 0.29) is 6.03 Å². The quantitative estimate of drug-likeness (QED) is 0.153. The molecule has 0 bridgehead atoms. The molecule has 0 radical (unpaired) electrons. The van der Waals surface area contributed by atoms with Gasteiger partial charge in [-0.1, -0.05) is 30.3 Å². The lowest BCUT2D eigenvalue weighted by molar-refractivity contribution is -0.139. The van der Waals surface area contributed by atoms with E-state index in [2.05, 4.69) is 19.8 Å². The molecule has 12 heteroatoms. The van der Waals surface area contributed by atoms with Crippen LogP contribution in [0.1, 0.15) is 30.7 Å². The van der Waals surface area contributed by atoms with E-state index in [1.807, 2.05) is 44.4 Å². The van der Waals surface area contributed by atoms with E-state index >= 15 is 0 Å². The van der Waals surface area contributed by atoms with E-state index in [0.717, 1.165) is 53.6 Å². The summed E-state index contributed by atoms with van der Waals surface area (Å²) in [5.41, 5.74) is 9.67. The van der Waals surface area contributed by atoms with Gasteiger partial charge >= 0.3 is 12.0 Å². The van der Waals surface area contributed by atoms with Crippen LogP contribution in [0.4, 0.5) is 10.6 Å². The topological polar surface area (TPSA) is 148 Å². The Morgan fingerprint density at radius 2 is 1.86 bits per heavy atom. The van der Waals surface area contributed by atoms with Crippen LogP contribution in [0.25, 0.3) is 21.9 Å². The van der Waals surface area contributed by atoms with E-state index < -0.39 is 12.6 Å². The van der Waals surface area contributed by atoms with E-state index in [0.29, 0.717) is 56.3 Å². The van der Waals surface area contributed by atoms with Gasteiger partial charge < -0.3 is 40.0 Å². The number of rotatable bonds is 17. The number of unbranched alkanes of at least 4 members (excludes halogenated alkanes) is 1. The van der Waals surface area contributed by atoms with Gasteiger partial charge in [0.05, 0.1) is 17.6 Å². The van der Waals surface area contributed by atoms with E-state index in [4.69, 9.17) is 25.3 Å². The zero-order chi connectivity index (χ0) is 31.5. The maximum atomic E-state index is 13.3. The Labute approximate surface area is 257 Å². The Balaban J connectivity index is 1.49. The first kappa shape index (κ1) is 32.5. The molecule has 4 N–H and O–H groups in total. The molecule has 44 heavy (non-hydrogen) atoms. The molecule has 0 aliphatic carbocycles. The van der Waals surface area contributed by atoms with E-state index in [1.54, 1.807) is 30.2 Å². The number of hydrogen-bond donors (Lipinski definition) is 3. The first-order valence-electron chi connectivity index (χ1n) is 14.9. The zero-order valence-corrected chi connectivity index (χ0v) is 25.8. The number of ether oxygens (including phenoxy) is 2. The first-order valence-corrected chi connectivity index (χ1v) is 14.9. The van der Waals surface area contributed by atoms with Crippen LogP contribution in [-0.2, 0) is 29.0 Å². The number of nitrogens with two attached hydrogens (primary N) is 1. The minimum absolute atomic E-state index is 0.140. The van der Waals surface area contributed by atoms with E-state index in [1.165, 1.54) is 0 Å². The summed E-state index contributed by atoms with van der Waals surface area (Å²) in [6, 6.07) is 15.0. The monoisotopic (exact) mass is 605 g/mol. The second-order valence-corrected chi connectivity index (χ2v) is 11.0. The molecule has 0 saturated carbocycles. The predicted octanol–water partition coefficient (Wildman–Crippen LogP) is 3.76. The van der Waals surface area contributed by atoms with Gasteiger partial charge in [-0.25, -0.2) is 19.6 Å². The highest BCUT2D eigenvalue weighted by molar-refractivity contribution is 6.06. The van der Waals surface area contributed by atoms with Crippen LogP contribution in [0.2, 0.25) is 0 Å². The maximum absolute atomic E-state index is 13.3. The summed E-state index contributed by atoms with van der Waals surface area (Å²) in [7, 11) is 5.68. The Bertz CT molecular complexity index is 1560. The van der Waals surface area contributed by atoms with Gasteiger partial charge in [0, 0.05) is 45.1 Å². The molecule has 12 nitrogen and oxygen atoms in total. The number of fused-ring (bicyclic) bond motifs is 3. The minimum atomic E-state index is -1.04. The summed E-state index contributed by atoms with van der Waals surface area (Å²) >= 11 is 0. The Hall–Kier alpha value is -4.42. The van der Waals surface area contributed by atoms with Crippen LogP contribution in [0.3, 0.4) is 0 Å². The number of benzene rings is 2. The van der Waals surface area contributed by atoms with Gasteiger partial charge in [-0.2, -0.15) is 0 Å². The molecule has 0 atom stereocenters. The number of hydrogen-bond acceptors (Lipinski definition) is 8. The molecule has 2 aromatic carbocycles. The number of carbonyl (C=O) groups is 2. The average molecular weight is 606 g/mol. The second-order valence-electron chi connectivity index (χ2n) is 11.0. The molecule has 0 aliphatic heterocycles. The number of amides is 2. The molecule has 236 valence electrons. The number of urea groups is 1. The number of carbonyl (C=O) groups excluding carboxylic acids is 1. The van der Waals surface area contributed by atoms with Crippen LogP contribution >= 0.6 is 0 Å². The van der Waals surface area contributed by atoms with Crippen molar-refractivity contribution < 1.29 is 24.2 Å². The number of methoxy groups -OCH3 is 1. The zero-order valence-electron chi connectivity index (χ0n) is 25.8. The normalized spacial score (nSPS) is 11.4. The molecule has 4 aromatic rings. The fourth-order valence-electron chi connectivity index (χ4n) is 5.16. The average Bonchev–Trinajstić information content (AvgIpc) is 3.37. The highest BCUT2D eigenvalue weighted by Crippen LogP contribution is 2.29. The minimum Gasteiger partial charge on any atom is -0.482 e. The molecular weight excluding hydrogens is 562 g/mol. The molecule has 4 rings (SSSR count). The van der Waals surface area contributed by atoms with E-state index in [9.17, 15) is 9.59 Å².